The maximum Gasteiger partial charge on any atom is 0.280 e. The van der Waals surface area contributed by atoms with Gasteiger partial charge in [-0.25, -0.2) is 9.67 Å². The van der Waals surface area contributed by atoms with Crippen LogP contribution in [0.3, 0.4) is 0 Å². The maximum atomic E-state index is 12.7. The molecule has 0 bridgehead atoms. The van der Waals surface area contributed by atoms with Gasteiger partial charge in [-0.15, -0.1) is 5.10 Å². The first-order chi connectivity index (χ1) is 15.4. The summed E-state index contributed by atoms with van der Waals surface area (Å²) >= 11 is 0. The molecule has 9 nitrogen and oxygen atoms in total. The molecule has 0 aliphatic carbocycles. The number of nitrogens with two attached hydrogens (primary N) is 1. The lowest BCUT2D eigenvalue weighted by molar-refractivity contribution is 0.102. The van der Waals surface area contributed by atoms with Crippen LogP contribution in [-0.2, 0) is 6.54 Å². The second kappa shape index (κ2) is 8.54. The van der Waals surface area contributed by atoms with Crippen LogP contribution in [0.25, 0.3) is 11.5 Å². The van der Waals surface area contributed by atoms with Crippen LogP contribution in [0.4, 0.5) is 11.5 Å². The van der Waals surface area contributed by atoms with Crippen LogP contribution in [0.2, 0.25) is 0 Å². The van der Waals surface area contributed by atoms with E-state index in [-0.39, 0.29) is 18.1 Å². The molecule has 0 radical (unpaired) electrons. The molecule has 0 fully saturated rings. The first kappa shape index (κ1) is 21.1. The number of benzene rings is 2. The topological polar surface area (TPSA) is 121 Å². The van der Waals surface area contributed by atoms with E-state index in [2.05, 4.69) is 20.6 Å². The lowest BCUT2D eigenvalue weighted by atomic mass is 10.1. The Labute approximate surface area is 185 Å². The zero-order valence-electron chi connectivity index (χ0n) is 18.3. The summed E-state index contributed by atoms with van der Waals surface area (Å²) < 4.78 is 12.4. The van der Waals surface area contributed by atoms with Gasteiger partial charge in [0.15, 0.2) is 11.5 Å². The summed E-state index contributed by atoms with van der Waals surface area (Å²) in [7, 11) is 1.61. The van der Waals surface area contributed by atoms with Crippen molar-refractivity contribution in [3.8, 4) is 17.2 Å². The van der Waals surface area contributed by atoms with Gasteiger partial charge in [-0.05, 0) is 68.3 Å². The molecule has 9 heteroatoms. The highest BCUT2D eigenvalue weighted by molar-refractivity contribution is 6.05. The van der Waals surface area contributed by atoms with Gasteiger partial charge in [-0.2, -0.15) is 0 Å². The summed E-state index contributed by atoms with van der Waals surface area (Å²) in [5.74, 6) is 1.59. The number of aryl methyl sites for hydroxylation is 3. The zero-order valence-corrected chi connectivity index (χ0v) is 18.3. The number of hydrogen-bond donors (Lipinski definition) is 2. The van der Waals surface area contributed by atoms with Crippen LogP contribution in [0.5, 0.6) is 5.75 Å². The molecule has 0 unspecified atom stereocenters. The molecule has 164 valence electrons. The summed E-state index contributed by atoms with van der Waals surface area (Å²) in [5, 5.41) is 10.8. The van der Waals surface area contributed by atoms with E-state index in [1.165, 1.54) is 4.68 Å². The molecule has 2 aromatic carbocycles. The predicted octanol–water partition coefficient (Wildman–Crippen LogP) is 3.75. The molecule has 0 saturated heterocycles. The monoisotopic (exact) mass is 432 g/mol. The Balaban J connectivity index is 1.51. The molecule has 0 spiro atoms. The second-order valence-electron chi connectivity index (χ2n) is 7.48. The molecule has 4 rings (SSSR count). The Bertz CT molecular complexity index is 1270. The number of carbonyl (C=O) groups excluding carboxylic acids is 1. The molecule has 32 heavy (non-hydrogen) atoms. The van der Waals surface area contributed by atoms with Gasteiger partial charge in [0, 0.05) is 11.3 Å². The van der Waals surface area contributed by atoms with Crippen molar-refractivity contribution in [1.82, 2.24) is 20.0 Å². The van der Waals surface area contributed by atoms with Gasteiger partial charge in [0.2, 0.25) is 5.89 Å². The number of amides is 1. The lowest BCUT2D eigenvalue weighted by Crippen LogP contribution is -2.15. The zero-order chi connectivity index (χ0) is 22.8. The van der Waals surface area contributed by atoms with Crippen LogP contribution in [0, 0.1) is 20.8 Å². The summed E-state index contributed by atoms with van der Waals surface area (Å²) in [6.45, 7) is 6.03. The van der Waals surface area contributed by atoms with Crippen molar-refractivity contribution >= 4 is 17.4 Å². The minimum atomic E-state index is -0.423. The molecule has 0 aliphatic heterocycles. The van der Waals surface area contributed by atoms with E-state index in [9.17, 15) is 4.79 Å². The van der Waals surface area contributed by atoms with Crippen LogP contribution in [0.15, 0.2) is 46.9 Å². The molecule has 0 aliphatic rings. The van der Waals surface area contributed by atoms with Crippen molar-refractivity contribution in [2.75, 3.05) is 18.2 Å². The third-order valence-corrected chi connectivity index (χ3v) is 5.28. The first-order valence-electron chi connectivity index (χ1n) is 10.0. The van der Waals surface area contributed by atoms with Gasteiger partial charge < -0.3 is 20.2 Å². The SMILES string of the molecule is COc1ccc(-c2nc(Cn3nnc(C(=O)Nc4ccc(C)c(C)c4)c3N)c(C)o2)cc1. The Hall–Kier alpha value is -4.14. The average molecular weight is 432 g/mol. The van der Waals surface area contributed by atoms with Crippen LogP contribution < -0.4 is 15.8 Å². The van der Waals surface area contributed by atoms with Gasteiger partial charge in [0.1, 0.15) is 17.2 Å². The third kappa shape index (κ3) is 4.18. The standard InChI is InChI=1S/C23H24N6O3/c1-13-5-8-17(11-14(13)2)25-22(30)20-21(24)29(28-27-20)12-19-15(3)32-23(26-19)16-6-9-18(31-4)10-7-16/h5-11H,12,24H2,1-4H3,(H,25,30). The van der Waals surface area contributed by atoms with Gasteiger partial charge in [0.05, 0.1) is 13.7 Å². The number of oxazole rings is 1. The molecule has 4 aromatic rings. The fourth-order valence-electron chi connectivity index (χ4n) is 3.18. The Morgan fingerprint density at radius 3 is 2.56 bits per heavy atom. The average Bonchev–Trinajstić information content (AvgIpc) is 3.33. The highest BCUT2D eigenvalue weighted by atomic mass is 16.5. The number of anilines is 2. The fraction of sp³-hybridized carbons (Fsp3) is 0.217. The van der Waals surface area contributed by atoms with E-state index < -0.39 is 5.91 Å². The molecule has 2 heterocycles. The Kier molecular flexibility index (Phi) is 5.63. The van der Waals surface area contributed by atoms with E-state index in [4.69, 9.17) is 14.9 Å². The number of nitrogen functional groups attached to an aromatic ring is 1. The number of nitrogens with one attached hydrogen (secondary N) is 1. The summed E-state index contributed by atoms with van der Waals surface area (Å²) in [4.78, 5) is 17.2. The number of hydrogen-bond acceptors (Lipinski definition) is 7. The van der Waals surface area contributed by atoms with E-state index in [1.807, 2.05) is 63.2 Å². The molecule has 0 atom stereocenters. The molecule has 3 N–H and O–H groups in total. The van der Waals surface area contributed by atoms with E-state index in [0.29, 0.717) is 23.0 Å². The van der Waals surface area contributed by atoms with Crippen LogP contribution >= 0.6 is 0 Å². The van der Waals surface area contributed by atoms with Gasteiger partial charge in [0.25, 0.3) is 5.91 Å². The summed E-state index contributed by atoms with van der Waals surface area (Å²) in [6.07, 6.45) is 0. The van der Waals surface area contributed by atoms with E-state index >= 15 is 0 Å². The van der Waals surface area contributed by atoms with Crippen molar-refractivity contribution < 1.29 is 13.9 Å². The van der Waals surface area contributed by atoms with Crippen molar-refractivity contribution in [1.29, 1.82) is 0 Å². The minimum absolute atomic E-state index is 0.0553. The highest BCUT2D eigenvalue weighted by Crippen LogP contribution is 2.25. The van der Waals surface area contributed by atoms with Gasteiger partial charge >= 0.3 is 0 Å². The quantitative estimate of drug-likeness (QED) is 0.476. The number of aromatic nitrogens is 4. The summed E-state index contributed by atoms with van der Waals surface area (Å²) in [6, 6.07) is 13.1. The molecule has 2 aromatic heterocycles. The molecular weight excluding hydrogens is 408 g/mol. The fourth-order valence-corrected chi connectivity index (χ4v) is 3.18. The Morgan fingerprint density at radius 1 is 1.12 bits per heavy atom. The number of nitrogens with zero attached hydrogens (tertiary/aromatic N) is 4. The molecular formula is C23H24N6O3. The Morgan fingerprint density at radius 2 is 1.88 bits per heavy atom. The van der Waals surface area contributed by atoms with Crippen molar-refractivity contribution in [3.63, 3.8) is 0 Å². The van der Waals surface area contributed by atoms with E-state index in [0.717, 1.165) is 22.4 Å². The second-order valence-corrected chi connectivity index (χ2v) is 7.48. The van der Waals surface area contributed by atoms with Crippen molar-refractivity contribution in [3.05, 3.63) is 70.7 Å². The van der Waals surface area contributed by atoms with Gasteiger partial charge in [-0.1, -0.05) is 11.3 Å². The maximum absolute atomic E-state index is 12.7. The number of ether oxygens (including phenoxy) is 1. The van der Waals surface area contributed by atoms with Crippen molar-refractivity contribution in [2.24, 2.45) is 0 Å². The van der Waals surface area contributed by atoms with Crippen LogP contribution in [0.1, 0.15) is 33.1 Å². The van der Waals surface area contributed by atoms with Crippen LogP contribution in [-0.4, -0.2) is 33.0 Å². The first-order valence-corrected chi connectivity index (χ1v) is 10.0. The normalized spacial score (nSPS) is 10.9. The third-order valence-electron chi connectivity index (χ3n) is 5.28. The summed E-state index contributed by atoms with van der Waals surface area (Å²) in [5.41, 5.74) is 10.6. The predicted molar refractivity (Wildman–Crippen MR) is 121 cm³/mol. The van der Waals surface area contributed by atoms with E-state index in [1.54, 1.807) is 7.11 Å². The molecule has 1 amide bonds. The number of rotatable bonds is 6. The largest absolute Gasteiger partial charge is 0.497 e. The smallest absolute Gasteiger partial charge is 0.280 e. The number of carbonyl (C=O) groups is 1. The number of methoxy groups -OCH3 is 1. The molecule has 0 saturated carbocycles. The van der Waals surface area contributed by atoms with Crippen molar-refractivity contribution in [2.45, 2.75) is 27.3 Å². The highest BCUT2D eigenvalue weighted by Gasteiger charge is 2.20. The minimum Gasteiger partial charge on any atom is -0.497 e. The van der Waals surface area contributed by atoms with Gasteiger partial charge in [-0.3, -0.25) is 4.79 Å². The lowest BCUT2D eigenvalue weighted by Gasteiger charge is -2.07.